The highest BCUT2D eigenvalue weighted by atomic mass is 16.5. The number of nitrogens with two attached hydrogens (primary N) is 1. The molecule has 118 valence electrons. The Bertz CT molecular complexity index is 449. The van der Waals surface area contributed by atoms with E-state index in [1.54, 1.807) is 0 Å². The van der Waals surface area contributed by atoms with Gasteiger partial charge in [0.2, 0.25) is 0 Å². The lowest BCUT2D eigenvalue weighted by atomic mass is 9.54. The van der Waals surface area contributed by atoms with Crippen molar-refractivity contribution in [3.8, 4) is 0 Å². The van der Waals surface area contributed by atoms with Gasteiger partial charge < -0.3 is 10.5 Å². The van der Waals surface area contributed by atoms with Crippen LogP contribution in [0.25, 0.3) is 0 Å². The molecule has 2 N–H and O–H groups in total. The first-order valence-electron chi connectivity index (χ1n) is 7.95. The molecular formula is C17H29N3O. The van der Waals surface area contributed by atoms with Crippen LogP contribution in [0.4, 0.5) is 0 Å². The van der Waals surface area contributed by atoms with E-state index in [-0.39, 0.29) is 17.1 Å². The van der Waals surface area contributed by atoms with Gasteiger partial charge in [-0.3, -0.25) is 9.88 Å². The molecule has 2 unspecified atom stereocenters. The number of hydrogen-bond acceptors (Lipinski definition) is 4. The molecule has 1 aliphatic rings. The van der Waals surface area contributed by atoms with E-state index in [1.165, 1.54) is 0 Å². The Morgan fingerprint density at radius 2 is 2.14 bits per heavy atom. The van der Waals surface area contributed by atoms with E-state index in [0.29, 0.717) is 0 Å². The summed E-state index contributed by atoms with van der Waals surface area (Å²) in [4.78, 5) is 6.80. The van der Waals surface area contributed by atoms with Gasteiger partial charge in [0.05, 0.1) is 11.8 Å². The monoisotopic (exact) mass is 291 g/mol. The second-order valence-electron chi connectivity index (χ2n) is 6.65. The van der Waals surface area contributed by atoms with Crippen molar-refractivity contribution in [1.29, 1.82) is 0 Å². The molecule has 1 aromatic heterocycles. The third kappa shape index (κ3) is 3.28. The minimum absolute atomic E-state index is 0.0144. The Morgan fingerprint density at radius 3 is 2.67 bits per heavy atom. The molecule has 1 aliphatic carbocycles. The van der Waals surface area contributed by atoms with Gasteiger partial charge in [-0.1, -0.05) is 26.8 Å². The van der Waals surface area contributed by atoms with Gasteiger partial charge in [0.25, 0.3) is 0 Å². The molecule has 2 atom stereocenters. The second-order valence-corrected chi connectivity index (χ2v) is 6.65. The second kappa shape index (κ2) is 6.42. The van der Waals surface area contributed by atoms with Crippen molar-refractivity contribution < 1.29 is 4.74 Å². The number of ether oxygens (including phenoxy) is 1. The van der Waals surface area contributed by atoms with Crippen LogP contribution in [0, 0.1) is 5.41 Å². The molecular weight excluding hydrogens is 262 g/mol. The third-order valence-corrected chi connectivity index (χ3v) is 5.07. The van der Waals surface area contributed by atoms with Crippen LogP contribution >= 0.6 is 0 Å². The molecule has 0 aliphatic heterocycles. The number of aromatic nitrogens is 1. The third-order valence-electron chi connectivity index (χ3n) is 5.07. The van der Waals surface area contributed by atoms with Gasteiger partial charge in [-0.15, -0.1) is 0 Å². The molecule has 0 spiro atoms. The zero-order valence-corrected chi connectivity index (χ0v) is 13.8. The maximum Gasteiger partial charge on any atom is 0.0662 e. The fourth-order valence-corrected chi connectivity index (χ4v) is 3.17. The van der Waals surface area contributed by atoms with Gasteiger partial charge in [0.15, 0.2) is 0 Å². The van der Waals surface area contributed by atoms with Gasteiger partial charge in [-0.05, 0) is 32.0 Å². The lowest BCUT2D eigenvalue weighted by Gasteiger charge is -2.60. The first kappa shape index (κ1) is 16.4. The van der Waals surface area contributed by atoms with Crippen molar-refractivity contribution in [1.82, 2.24) is 9.88 Å². The summed E-state index contributed by atoms with van der Waals surface area (Å²) < 4.78 is 5.81. The number of likely N-dealkylation sites (N-methyl/N-ethyl adjacent to an activating group) is 1. The molecule has 4 heteroatoms. The molecule has 0 radical (unpaired) electrons. The van der Waals surface area contributed by atoms with E-state index >= 15 is 0 Å². The zero-order valence-electron chi connectivity index (χ0n) is 13.8. The van der Waals surface area contributed by atoms with Gasteiger partial charge in [-0.25, -0.2) is 0 Å². The van der Waals surface area contributed by atoms with Crippen molar-refractivity contribution in [2.75, 3.05) is 19.7 Å². The molecule has 4 nitrogen and oxygen atoms in total. The summed E-state index contributed by atoms with van der Waals surface area (Å²) >= 11 is 0. The van der Waals surface area contributed by atoms with Crippen molar-refractivity contribution in [3.05, 3.63) is 30.1 Å². The average molecular weight is 291 g/mol. The lowest BCUT2D eigenvalue weighted by molar-refractivity contribution is -0.156. The Hall–Kier alpha value is -0.970. The van der Waals surface area contributed by atoms with Crippen LogP contribution in [-0.4, -0.2) is 41.2 Å². The maximum atomic E-state index is 6.69. The topological polar surface area (TPSA) is 51.4 Å². The largest absolute Gasteiger partial charge is 0.378 e. The van der Waals surface area contributed by atoms with E-state index in [1.807, 2.05) is 25.3 Å². The van der Waals surface area contributed by atoms with E-state index < -0.39 is 0 Å². The van der Waals surface area contributed by atoms with E-state index in [2.05, 4.69) is 36.7 Å². The Morgan fingerprint density at radius 1 is 1.38 bits per heavy atom. The predicted molar refractivity (Wildman–Crippen MR) is 85.9 cm³/mol. The van der Waals surface area contributed by atoms with E-state index in [4.69, 9.17) is 10.5 Å². The summed E-state index contributed by atoms with van der Waals surface area (Å²) in [6.07, 6.45) is 3.06. The molecule has 2 rings (SSSR count). The smallest absolute Gasteiger partial charge is 0.0662 e. The van der Waals surface area contributed by atoms with Crippen LogP contribution in [0.1, 0.15) is 39.8 Å². The Labute approximate surface area is 128 Å². The average Bonchev–Trinajstić information content (AvgIpc) is 2.47. The summed E-state index contributed by atoms with van der Waals surface area (Å²) in [7, 11) is 0. The van der Waals surface area contributed by atoms with Crippen LogP contribution in [-0.2, 0) is 11.3 Å². The summed E-state index contributed by atoms with van der Waals surface area (Å²) in [5.41, 5.74) is 7.62. The highest BCUT2D eigenvalue weighted by Crippen LogP contribution is 2.50. The zero-order chi connectivity index (χ0) is 15.5. The molecule has 1 aromatic rings. The van der Waals surface area contributed by atoms with Crippen LogP contribution in [0.15, 0.2) is 24.4 Å². The summed E-state index contributed by atoms with van der Waals surface area (Å²) in [5, 5.41) is 0. The van der Waals surface area contributed by atoms with Crippen LogP contribution < -0.4 is 5.73 Å². The fraction of sp³-hybridized carbons (Fsp3) is 0.706. The number of rotatable bonds is 7. The SMILES string of the molecule is CCOC1CC(N)(CN(CC)Cc2ccccn2)C1(C)C. The standard InChI is InChI=1S/C17H29N3O/c1-5-20(12-14-9-7-8-10-19-14)13-17(18)11-15(21-6-2)16(17,3)4/h7-10,15H,5-6,11-13,18H2,1-4H3. The van der Waals surface area contributed by atoms with Crippen molar-refractivity contribution in [2.24, 2.45) is 11.1 Å². The van der Waals surface area contributed by atoms with Gasteiger partial charge >= 0.3 is 0 Å². The molecule has 1 fully saturated rings. The Balaban J connectivity index is 1.99. The van der Waals surface area contributed by atoms with Gasteiger partial charge in [0.1, 0.15) is 0 Å². The molecule has 0 saturated heterocycles. The van der Waals surface area contributed by atoms with Gasteiger partial charge in [-0.2, -0.15) is 0 Å². The maximum absolute atomic E-state index is 6.69. The summed E-state index contributed by atoms with van der Waals surface area (Å²) in [6.45, 7) is 12.2. The first-order valence-corrected chi connectivity index (χ1v) is 7.95. The Kier molecular flexibility index (Phi) is 5.02. The first-order chi connectivity index (χ1) is 9.93. The molecule has 0 aromatic carbocycles. The van der Waals surface area contributed by atoms with Crippen molar-refractivity contribution >= 4 is 0 Å². The van der Waals surface area contributed by atoms with Crippen LogP contribution in [0.3, 0.4) is 0 Å². The predicted octanol–water partition coefficient (Wildman–Crippen LogP) is 2.44. The molecule has 0 bridgehead atoms. The minimum Gasteiger partial charge on any atom is -0.378 e. The van der Waals surface area contributed by atoms with Crippen molar-refractivity contribution in [2.45, 2.75) is 52.3 Å². The minimum atomic E-state index is -0.183. The molecule has 1 saturated carbocycles. The van der Waals surface area contributed by atoms with Crippen molar-refractivity contribution in [3.63, 3.8) is 0 Å². The molecule has 0 amide bonds. The number of pyridine rings is 1. The van der Waals surface area contributed by atoms with E-state index in [9.17, 15) is 0 Å². The summed E-state index contributed by atoms with van der Waals surface area (Å²) in [6, 6.07) is 6.06. The molecule has 1 heterocycles. The van der Waals surface area contributed by atoms with Crippen LogP contribution in [0.5, 0.6) is 0 Å². The number of hydrogen-bond donors (Lipinski definition) is 1. The van der Waals surface area contributed by atoms with Crippen LogP contribution in [0.2, 0.25) is 0 Å². The molecule has 21 heavy (non-hydrogen) atoms. The fourth-order valence-electron chi connectivity index (χ4n) is 3.17. The normalized spacial score (nSPS) is 27.6. The highest BCUT2D eigenvalue weighted by molar-refractivity contribution is 5.15. The van der Waals surface area contributed by atoms with E-state index in [0.717, 1.165) is 38.4 Å². The highest BCUT2D eigenvalue weighted by Gasteiger charge is 2.58. The number of nitrogens with zero attached hydrogens (tertiary/aromatic N) is 2. The summed E-state index contributed by atoms with van der Waals surface area (Å²) in [5.74, 6) is 0. The quantitative estimate of drug-likeness (QED) is 0.838. The lowest BCUT2D eigenvalue weighted by Crippen LogP contribution is -2.73. The van der Waals surface area contributed by atoms with Gasteiger partial charge in [0, 0.05) is 36.8 Å².